The van der Waals surface area contributed by atoms with Crippen molar-refractivity contribution in [3.05, 3.63) is 0 Å². The first kappa shape index (κ1) is 21.2. The lowest BCUT2D eigenvalue weighted by Gasteiger charge is -2.17. The first-order chi connectivity index (χ1) is 8.78. The van der Waals surface area contributed by atoms with E-state index in [0.29, 0.717) is 0 Å². The smallest absolute Gasteiger partial charge is 0.191 e. The summed E-state index contributed by atoms with van der Waals surface area (Å²) in [5.41, 5.74) is 0. The summed E-state index contributed by atoms with van der Waals surface area (Å²) in [6.07, 6.45) is 0. The number of aliphatic imine (C=N–C) groups is 1. The van der Waals surface area contributed by atoms with E-state index in [1.807, 2.05) is 6.92 Å². The van der Waals surface area contributed by atoms with E-state index in [1.165, 1.54) is 0 Å². The fourth-order valence-corrected chi connectivity index (χ4v) is 1.57. The average Bonchev–Trinajstić information content (AvgIpc) is 2.39. The number of hydrogen-bond acceptors (Lipinski definition) is 3. The highest BCUT2D eigenvalue weighted by Gasteiger charge is 1.99. The Hall–Kier alpha value is -0.0800. The van der Waals surface area contributed by atoms with E-state index in [9.17, 15) is 0 Å². The molecule has 0 atom stereocenters. The van der Waals surface area contributed by atoms with Crippen molar-refractivity contribution < 1.29 is 4.74 Å². The van der Waals surface area contributed by atoms with Gasteiger partial charge in [0.1, 0.15) is 0 Å². The second-order valence-electron chi connectivity index (χ2n) is 3.91. The van der Waals surface area contributed by atoms with Gasteiger partial charge in [0.2, 0.25) is 0 Å². The van der Waals surface area contributed by atoms with Crippen LogP contribution in [0.5, 0.6) is 0 Å². The second kappa shape index (κ2) is 16.0. The monoisotopic (exact) mass is 386 g/mol. The number of ether oxygens (including phenoxy) is 1. The first-order valence-corrected chi connectivity index (χ1v) is 7.10. The molecule has 0 spiro atoms. The molecular formula is C13H31IN4O. The van der Waals surface area contributed by atoms with Crippen LogP contribution in [0.1, 0.15) is 27.7 Å². The van der Waals surface area contributed by atoms with Crippen molar-refractivity contribution in [2.24, 2.45) is 4.99 Å². The van der Waals surface area contributed by atoms with Crippen molar-refractivity contribution >= 4 is 29.9 Å². The number of rotatable bonds is 10. The Bertz CT molecular complexity index is 211. The number of halogens is 1. The number of guanidine groups is 1. The molecule has 0 aromatic carbocycles. The zero-order valence-electron chi connectivity index (χ0n) is 12.9. The molecule has 0 radical (unpaired) electrons. The van der Waals surface area contributed by atoms with E-state index >= 15 is 0 Å². The predicted octanol–water partition coefficient (Wildman–Crippen LogP) is 1.54. The van der Waals surface area contributed by atoms with Crippen molar-refractivity contribution in [1.82, 2.24) is 15.5 Å². The van der Waals surface area contributed by atoms with Crippen LogP contribution in [0.15, 0.2) is 4.99 Å². The average molecular weight is 386 g/mol. The highest BCUT2D eigenvalue weighted by Crippen LogP contribution is 1.86. The van der Waals surface area contributed by atoms with E-state index in [4.69, 9.17) is 4.74 Å². The Balaban J connectivity index is 0. The van der Waals surface area contributed by atoms with Crippen LogP contribution < -0.4 is 10.6 Å². The fraction of sp³-hybridized carbons (Fsp3) is 0.923. The molecule has 0 unspecified atom stereocenters. The van der Waals surface area contributed by atoms with Gasteiger partial charge in [0, 0.05) is 26.2 Å². The third kappa shape index (κ3) is 12.7. The van der Waals surface area contributed by atoms with Crippen molar-refractivity contribution in [2.45, 2.75) is 27.7 Å². The molecule has 0 saturated heterocycles. The third-order valence-corrected chi connectivity index (χ3v) is 2.67. The minimum Gasteiger partial charge on any atom is -0.380 e. The van der Waals surface area contributed by atoms with Gasteiger partial charge in [0.15, 0.2) is 5.96 Å². The van der Waals surface area contributed by atoms with E-state index in [2.05, 4.69) is 41.3 Å². The molecule has 19 heavy (non-hydrogen) atoms. The molecule has 0 heterocycles. The number of likely N-dealkylation sites (N-methyl/N-ethyl adjacent to an activating group) is 1. The lowest BCUT2D eigenvalue weighted by Crippen LogP contribution is -2.39. The molecular weight excluding hydrogens is 355 g/mol. The van der Waals surface area contributed by atoms with Crippen LogP contribution in [-0.2, 0) is 4.74 Å². The maximum Gasteiger partial charge on any atom is 0.191 e. The molecule has 116 valence electrons. The Morgan fingerprint density at radius 1 is 1.11 bits per heavy atom. The van der Waals surface area contributed by atoms with Gasteiger partial charge in [-0.2, -0.15) is 0 Å². The quantitative estimate of drug-likeness (QED) is 0.259. The lowest BCUT2D eigenvalue weighted by atomic mass is 10.5. The summed E-state index contributed by atoms with van der Waals surface area (Å²) in [4.78, 5) is 6.91. The van der Waals surface area contributed by atoms with Gasteiger partial charge in [-0.15, -0.1) is 24.0 Å². The van der Waals surface area contributed by atoms with Gasteiger partial charge in [-0.05, 0) is 26.9 Å². The summed E-state index contributed by atoms with van der Waals surface area (Å²) in [6.45, 7) is 15.6. The molecule has 0 fully saturated rings. The Morgan fingerprint density at radius 3 is 2.32 bits per heavy atom. The topological polar surface area (TPSA) is 48.9 Å². The predicted molar refractivity (Wildman–Crippen MR) is 93.7 cm³/mol. The number of hydrogen-bond donors (Lipinski definition) is 2. The van der Waals surface area contributed by atoms with Gasteiger partial charge < -0.3 is 20.3 Å². The molecule has 0 bridgehead atoms. The van der Waals surface area contributed by atoms with Gasteiger partial charge in [-0.25, -0.2) is 0 Å². The van der Waals surface area contributed by atoms with Crippen LogP contribution in [0.25, 0.3) is 0 Å². The highest BCUT2D eigenvalue weighted by atomic mass is 127. The second-order valence-corrected chi connectivity index (χ2v) is 3.91. The summed E-state index contributed by atoms with van der Waals surface area (Å²) in [7, 11) is 0. The summed E-state index contributed by atoms with van der Waals surface area (Å²) in [6, 6.07) is 0. The third-order valence-electron chi connectivity index (χ3n) is 2.67. The molecule has 0 aromatic heterocycles. The van der Waals surface area contributed by atoms with Crippen LogP contribution in [-0.4, -0.2) is 63.3 Å². The van der Waals surface area contributed by atoms with Gasteiger partial charge in [0.05, 0.1) is 13.2 Å². The molecule has 0 aliphatic carbocycles. The number of nitrogens with one attached hydrogen (secondary N) is 2. The Morgan fingerprint density at radius 2 is 1.79 bits per heavy atom. The summed E-state index contributed by atoms with van der Waals surface area (Å²) in [5, 5.41) is 6.49. The largest absolute Gasteiger partial charge is 0.380 e. The van der Waals surface area contributed by atoms with E-state index in [0.717, 1.165) is 58.4 Å². The lowest BCUT2D eigenvalue weighted by molar-refractivity contribution is 0.152. The van der Waals surface area contributed by atoms with E-state index in [1.54, 1.807) is 0 Å². The minimum atomic E-state index is 0. The molecule has 0 saturated carbocycles. The van der Waals surface area contributed by atoms with Crippen LogP contribution >= 0.6 is 24.0 Å². The van der Waals surface area contributed by atoms with Crippen LogP contribution in [0.4, 0.5) is 0 Å². The van der Waals surface area contributed by atoms with Gasteiger partial charge in [-0.1, -0.05) is 13.8 Å². The molecule has 5 nitrogen and oxygen atoms in total. The van der Waals surface area contributed by atoms with Crippen molar-refractivity contribution in [3.63, 3.8) is 0 Å². The molecule has 2 N–H and O–H groups in total. The van der Waals surface area contributed by atoms with Crippen molar-refractivity contribution in [1.29, 1.82) is 0 Å². The summed E-state index contributed by atoms with van der Waals surface area (Å²) >= 11 is 0. The standard InChI is InChI=1S/C13H30N4O.HI/c1-5-14-13(16-10-12-18-8-4)15-9-11-17(6-2)7-3;/h5-12H2,1-4H3,(H2,14,15,16);1H. The van der Waals surface area contributed by atoms with Crippen LogP contribution in [0, 0.1) is 0 Å². The zero-order valence-corrected chi connectivity index (χ0v) is 15.2. The summed E-state index contributed by atoms with van der Waals surface area (Å²) in [5.74, 6) is 0.879. The van der Waals surface area contributed by atoms with Gasteiger partial charge in [-0.3, -0.25) is 4.99 Å². The van der Waals surface area contributed by atoms with E-state index in [-0.39, 0.29) is 24.0 Å². The number of nitrogens with zero attached hydrogens (tertiary/aromatic N) is 2. The molecule has 0 aromatic rings. The molecule has 0 rings (SSSR count). The van der Waals surface area contributed by atoms with E-state index < -0.39 is 0 Å². The van der Waals surface area contributed by atoms with Crippen molar-refractivity contribution in [2.75, 3.05) is 52.5 Å². The normalized spacial score (nSPS) is 11.3. The SMILES string of the molecule is CCNC(=NCCN(CC)CC)NCCOCC.I. The minimum absolute atomic E-state index is 0. The first-order valence-electron chi connectivity index (χ1n) is 7.10. The molecule has 0 aliphatic rings. The van der Waals surface area contributed by atoms with Crippen molar-refractivity contribution in [3.8, 4) is 0 Å². The maximum absolute atomic E-state index is 5.29. The highest BCUT2D eigenvalue weighted by molar-refractivity contribution is 14.0. The van der Waals surface area contributed by atoms with Crippen LogP contribution in [0.3, 0.4) is 0 Å². The molecule has 6 heteroatoms. The Kier molecular flexibility index (Phi) is 17.8. The Labute approximate surface area is 135 Å². The van der Waals surface area contributed by atoms with Gasteiger partial charge in [0.25, 0.3) is 0 Å². The summed E-state index contributed by atoms with van der Waals surface area (Å²) < 4.78 is 5.29. The van der Waals surface area contributed by atoms with Crippen LogP contribution in [0.2, 0.25) is 0 Å². The molecule has 0 amide bonds. The maximum atomic E-state index is 5.29. The zero-order chi connectivity index (χ0) is 13.6. The van der Waals surface area contributed by atoms with Gasteiger partial charge >= 0.3 is 0 Å². The molecule has 0 aliphatic heterocycles. The fourth-order valence-electron chi connectivity index (χ4n) is 1.57.